The number of thiazole rings is 1. The van der Waals surface area contributed by atoms with Crippen molar-refractivity contribution < 1.29 is 4.79 Å². The topological polar surface area (TPSA) is 83.0 Å². The van der Waals surface area contributed by atoms with Crippen LogP contribution >= 0.6 is 11.3 Å². The smallest absolute Gasteiger partial charge is 0.261 e. The zero-order valence-electron chi connectivity index (χ0n) is 17.6. The van der Waals surface area contributed by atoms with Crippen LogP contribution in [-0.2, 0) is 0 Å². The summed E-state index contributed by atoms with van der Waals surface area (Å²) in [6, 6.07) is 15.6. The van der Waals surface area contributed by atoms with Gasteiger partial charge in [-0.05, 0) is 55.2 Å². The first-order valence-corrected chi connectivity index (χ1v) is 11.6. The van der Waals surface area contributed by atoms with Gasteiger partial charge >= 0.3 is 0 Å². The van der Waals surface area contributed by atoms with Crippen LogP contribution in [0.15, 0.2) is 67.1 Å². The number of nitrogens with zero attached hydrogens (tertiary/aromatic N) is 4. The van der Waals surface area contributed by atoms with E-state index in [1.54, 1.807) is 18.3 Å². The van der Waals surface area contributed by atoms with Crippen molar-refractivity contribution >= 4 is 44.1 Å². The van der Waals surface area contributed by atoms with E-state index in [0.717, 1.165) is 42.7 Å². The van der Waals surface area contributed by atoms with Crippen molar-refractivity contribution in [3.8, 4) is 0 Å². The van der Waals surface area contributed by atoms with Crippen molar-refractivity contribution in [2.75, 3.05) is 35.2 Å². The van der Waals surface area contributed by atoms with E-state index in [9.17, 15) is 4.79 Å². The quantitative estimate of drug-likeness (QED) is 0.450. The highest BCUT2D eigenvalue weighted by atomic mass is 32.1. The summed E-state index contributed by atoms with van der Waals surface area (Å²) in [5, 5.41) is 6.93. The third-order valence-corrected chi connectivity index (χ3v) is 6.72. The SMILES string of the molecule is O=C(Nc1nc2ccccc2s1)c1cccnc1NCC1CCN(c2ccncc2)CC1. The van der Waals surface area contributed by atoms with Crippen molar-refractivity contribution in [2.24, 2.45) is 5.92 Å². The number of hydrogen-bond donors (Lipinski definition) is 2. The summed E-state index contributed by atoms with van der Waals surface area (Å²) in [6.45, 7) is 2.83. The van der Waals surface area contributed by atoms with Gasteiger partial charge in [-0.2, -0.15) is 0 Å². The van der Waals surface area contributed by atoms with Gasteiger partial charge in [0.05, 0.1) is 15.8 Å². The molecule has 0 saturated carbocycles. The van der Waals surface area contributed by atoms with Crippen LogP contribution in [0, 0.1) is 5.92 Å². The van der Waals surface area contributed by atoms with Crippen molar-refractivity contribution in [1.29, 1.82) is 0 Å². The summed E-state index contributed by atoms with van der Waals surface area (Å²) in [5.74, 6) is 0.949. The summed E-state index contributed by atoms with van der Waals surface area (Å²) >= 11 is 1.47. The van der Waals surface area contributed by atoms with Crippen molar-refractivity contribution in [3.63, 3.8) is 0 Å². The molecule has 0 radical (unpaired) electrons. The molecule has 1 saturated heterocycles. The highest BCUT2D eigenvalue weighted by Gasteiger charge is 2.21. The van der Waals surface area contributed by atoms with Gasteiger partial charge in [0.2, 0.25) is 0 Å². The van der Waals surface area contributed by atoms with Gasteiger partial charge in [-0.25, -0.2) is 9.97 Å². The number of amides is 1. The van der Waals surface area contributed by atoms with Gasteiger partial charge in [0.25, 0.3) is 5.91 Å². The Morgan fingerprint density at radius 2 is 1.84 bits per heavy atom. The largest absolute Gasteiger partial charge is 0.371 e. The van der Waals surface area contributed by atoms with Crippen LogP contribution in [0.25, 0.3) is 10.2 Å². The van der Waals surface area contributed by atoms with Crippen LogP contribution in [0.1, 0.15) is 23.2 Å². The Kier molecular flexibility index (Phi) is 5.93. The fraction of sp³-hybridized carbons (Fsp3) is 0.250. The molecule has 32 heavy (non-hydrogen) atoms. The summed E-state index contributed by atoms with van der Waals surface area (Å²) in [7, 11) is 0. The lowest BCUT2D eigenvalue weighted by atomic mass is 9.96. The van der Waals surface area contributed by atoms with E-state index in [2.05, 4.69) is 42.6 Å². The number of anilines is 3. The van der Waals surface area contributed by atoms with Crippen molar-refractivity contribution in [2.45, 2.75) is 12.8 Å². The van der Waals surface area contributed by atoms with Gasteiger partial charge < -0.3 is 10.2 Å². The van der Waals surface area contributed by atoms with E-state index in [-0.39, 0.29) is 5.91 Å². The summed E-state index contributed by atoms with van der Waals surface area (Å²) in [6.07, 6.45) is 7.57. The zero-order chi connectivity index (χ0) is 21.8. The Labute approximate surface area is 190 Å². The van der Waals surface area contributed by atoms with Crippen LogP contribution in [0.5, 0.6) is 0 Å². The molecule has 1 aliphatic rings. The minimum absolute atomic E-state index is 0.202. The number of aromatic nitrogens is 3. The molecule has 0 unspecified atom stereocenters. The molecule has 1 fully saturated rings. The maximum atomic E-state index is 12.9. The number of carbonyl (C=O) groups is 1. The van der Waals surface area contributed by atoms with Gasteiger partial charge in [0, 0.05) is 43.9 Å². The molecule has 0 bridgehead atoms. The molecule has 3 aromatic heterocycles. The highest BCUT2D eigenvalue weighted by molar-refractivity contribution is 7.22. The Morgan fingerprint density at radius 1 is 1.03 bits per heavy atom. The van der Waals surface area contributed by atoms with E-state index in [0.29, 0.717) is 22.4 Å². The molecule has 4 heterocycles. The molecule has 1 aromatic carbocycles. The first kappa shape index (κ1) is 20.4. The number of benzene rings is 1. The van der Waals surface area contributed by atoms with E-state index < -0.39 is 0 Å². The number of piperidine rings is 1. The predicted octanol–water partition coefficient (Wildman–Crippen LogP) is 4.67. The predicted molar refractivity (Wildman–Crippen MR) is 129 cm³/mol. The lowest BCUT2D eigenvalue weighted by molar-refractivity contribution is 0.102. The maximum Gasteiger partial charge on any atom is 0.261 e. The molecule has 162 valence electrons. The number of carbonyl (C=O) groups excluding carboxylic acids is 1. The van der Waals surface area contributed by atoms with Crippen LogP contribution in [0.4, 0.5) is 16.6 Å². The summed E-state index contributed by atoms with van der Waals surface area (Å²) in [5.41, 5.74) is 2.64. The second-order valence-corrected chi connectivity index (χ2v) is 8.89. The average Bonchev–Trinajstić information content (AvgIpc) is 3.26. The van der Waals surface area contributed by atoms with Crippen molar-refractivity contribution in [1.82, 2.24) is 15.0 Å². The molecule has 1 amide bonds. The third kappa shape index (κ3) is 4.55. The van der Waals surface area contributed by atoms with Gasteiger partial charge in [0.1, 0.15) is 5.82 Å². The molecule has 5 rings (SSSR count). The van der Waals surface area contributed by atoms with Gasteiger partial charge in [0.15, 0.2) is 5.13 Å². The first-order chi connectivity index (χ1) is 15.8. The maximum absolute atomic E-state index is 12.9. The molecular formula is C24H24N6OS. The second-order valence-electron chi connectivity index (χ2n) is 7.86. The van der Waals surface area contributed by atoms with Crippen LogP contribution in [0.3, 0.4) is 0 Å². The third-order valence-electron chi connectivity index (χ3n) is 5.77. The Hall–Kier alpha value is -3.52. The van der Waals surface area contributed by atoms with E-state index >= 15 is 0 Å². The normalized spacial score (nSPS) is 14.4. The van der Waals surface area contributed by atoms with E-state index in [4.69, 9.17) is 0 Å². The molecule has 0 atom stereocenters. The lowest BCUT2D eigenvalue weighted by Gasteiger charge is -2.33. The standard InChI is InChI=1S/C24H24N6OS/c31-23(29-24-28-20-5-1-2-6-21(20)32-24)19-4-3-11-26-22(19)27-16-17-9-14-30(15-10-17)18-7-12-25-13-8-18/h1-8,11-13,17H,9-10,14-16H2,(H,26,27)(H,28,29,31). The number of para-hydroxylation sites is 1. The van der Waals surface area contributed by atoms with E-state index in [1.165, 1.54) is 17.0 Å². The van der Waals surface area contributed by atoms with Gasteiger partial charge in [-0.3, -0.25) is 15.1 Å². The molecule has 0 spiro atoms. The Bertz CT molecular complexity index is 1170. The number of pyridine rings is 2. The number of nitrogens with one attached hydrogen (secondary N) is 2. The summed E-state index contributed by atoms with van der Waals surface area (Å²) in [4.78, 5) is 28.3. The van der Waals surface area contributed by atoms with Crippen molar-refractivity contribution in [3.05, 3.63) is 72.7 Å². The monoisotopic (exact) mass is 444 g/mol. The molecule has 2 N–H and O–H groups in total. The highest BCUT2D eigenvalue weighted by Crippen LogP contribution is 2.27. The number of rotatable bonds is 6. The first-order valence-electron chi connectivity index (χ1n) is 10.8. The summed E-state index contributed by atoms with van der Waals surface area (Å²) < 4.78 is 1.05. The zero-order valence-corrected chi connectivity index (χ0v) is 18.4. The van der Waals surface area contributed by atoms with Crippen LogP contribution in [-0.4, -0.2) is 40.5 Å². The molecule has 1 aliphatic heterocycles. The molecule has 8 heteroatoms. The molecule has 7 nitrogen and oxygen atoms in total. The molecule has 4 aromatic rings. The fourth-order valence-electron chi connectivity index (χ4n) is 4.01. The minimum atomic E-state index is -0.202. The number of hydrogen-bond acceptors (Lipinski definition) is 7. The molecular weight excluding hydrogens is 420 g/mol. The minimum Gasteiger partial charge on any atom is -0.371 e. The van der Waals surface area contributed by atoms with Crippen LogP contribution < -0.4 is 15.5 Å². The molecule has 0 aliphatic carbocycles. The Balaban J connectivity index is 1.20. The van der Waals surface area contributed by atoms with Gasteiger partial charge in [-0.1, -0.05) is 23.5 Å². The van der Waals surface area contributed by atoms with E-state index in [1.807, 2.05) is 36.7 Å². The average molecular weight is 445 g/mol. The van der Waals surface area contributed by atoms with Gasteiger partial charge in [-0.15, -0.1) is 0 Å². The van der Waals surface area contributed by atoms with Crippen LogP contribution in [0.2, 0.25) is 0 Å². The second kappa shape index (κ2) is 9.32. The number of fused-ring (bicyclic) bond motifs is 1. The lowest BCUT2D eigenvalue weighted by Crippen LogP contribution is -2.36. The fourth-order valence-corrected chi connectivity index (χ4v) is 4.87. The Morgan fingerprint density at radius 3 is 2.66 bits per heavy atom.